The van der Waals surface area contributed by atoms with Gasteiger partial charge in [-0.3, -0.25) is 0 Å². The second-order valence-electron chi connectivity index (χ2n) is 2.67. The molecule has 1 atom stereocenters. The van der Waals surface area contributed by atoms with E-state index in [0.29, 0.717) is 5.88 Å². The fraction of sp³-hybridized carbons (Fsp3) is 0.333. The van der Waals surface area contributed by atoms with Crippen LogP contribution in [0.5, 0.6) is 0 Å². The van der Waals surface area contributed by atoms with E-state index in [-0.39, 0.29) is 6.04 Å². The highest BCUT2D eigenvalue weighted by Gasteiger charge is 1.98. The number of nitrogens with two attached hydrogens (primary N) is 1. The minimum atomic E-state index is 0.0955. The predicted octanol–water partition coefficient (Wildman–Crippen LogP) is 2.45. The molecule has 0 aliphatic rings. The summed E-state index contributed by atoms with van der Waals surface area (Å²) in [6.45, 7) is 1.97. The number of benzene rings is 1. The summed E-state index contributed by atoms with van der Waals surface area (Å²) in [5.74, 6) is 0.556. The molecule has 0 aliphatic carbocycles. The van der Waals surface area contributed by atoms with Gasteiger partial charge in [0.25, 0.3) is 0 Å². The Morgan fingerprint density at radius 1 is 1.55 bits per heavy atom. The Labute approximate surface area is 72.2 Å². The molecule has 0 aliphatic heterocycles. The van der Waals surface area contributed by atoms with Gasteiger partial charge in [-0.25, -0.2) is 0 Å². The highest BCUT2D eigenvalue weighted by atomic mass is 35.5. The standard InChI is InChI=1S/C9H12ClN/c1-7(11)9-4-2-3-8(5-9)6-10/h2-5,7H,6,11H2,1H3/t7-/m1/s1. The quantitative estimate of drug-likeness (QED) is 0.677. The molecule has 0 spiro atoms. The SMILES string of the molecule is C[C@@H](N)c1cccc(CCl)c1. The van der Waals surface area contributed by atoms with Crippen molar-refractivity contribution in [1.29, 1.82) is 0 Å². The smallest absolute Gasteiger partial charge is 0.0474 e. The van der Waals surface area contributed by atoms with E-state index in [0.717, 1.165) is 11.1 Å². The molecule has 0 aromatic heterocycles. The van der Waals surface area contributed by atoms with Gasteiger partial charge in [0.05, 0.1) is 0 Å². The van der Waals surface area contributed by atoms with Gasteiger partial charge in [-0.05, 0) is 18.1 Å². The first-order valence-electron chi connectivity index (χ1n) is 3.64. The molecule has 0 radical (unpaired) electrons. The van der Waals surface area contributed by atoms with Crippen LogP contribution >= 0.6 is 11.6 Å². The molecule has 2 heteroatoms. The molecule has 0 amide bonds. The van der Waals surface area contributed by atoms with Crippen molar-refractivity contribution in [3.05, 3.63) is 35.4 Å². The van der Waals surface area contributed by atoms with Crippen LogP contribution in [-0.4, -0.2) is 0 Å². The number of alkyl halides is 1. The molecule has 0 saturated heterocycles. The van der Waals surface area contributed by atoms with Crippen molar-refractivity contribution < 1.29 is 0 Å². The highest BCUT2D eigenvalue weighted by molar-refractivity contribution is 6.17. The van der Waals surface area contributed by atoms with Crippen molar-refractivity contribution in [3.8, 4) is 0 Å². The van der Waals surface area contributed by atoms with Crippen molar-refractivity contribution in [3.63, 3.8) is 0 Å². The van der Waals surface area contributed by atoms with E-state index in [1.54, 1.807) is 0 Å². The third kappa shape index (κ3) is 2.21. The number of rotatable bonds is 2. The summed E-state index contributed by atoms with van der Waals surface area (Å²) in [6.07, 6.45) is 0. The van der Waals surface area contributed by atoms with Crippen molar-refractivity contribution >= 4 is 11.6 Å². The van der Waals surface area contributed by atoms with E-state index in [9.17, 15) is 0 Å². The second-order valence-corrected chi connectivity index (χ2v) is 2.93. The first-order valence-corrected chi connectivity index (χ1v) is 4.18. The molecule has 0 saturated carbocycles. The van der Waals surface area contributed by atoms with E-state index in [4.69, 9.17) is 17.3 Å². The average molecular weight is 170 g/mol. The minimum Gasteiger partial charge on any atom is -0.324 e. The Morgan fingerprint density at radius 3 is 2.82 bits per heavy atom. The molecule has 0 fully saturated rings. The van der Waals surface area contributed by atoms with Gasteiger partial charge >= 0.3 is 0 Å². The lowest BCUT2D eigenvalue weighted by Gasteiger charge is -2.05. The van der Waals surface area contributed by atoms with Gasteiger partial charge in [0.1, 0.15) is 0 Å². The second kappa shape index (κ2) is 3.74. The molecular formula is C9H12ClN. The lowest BCUT2D eigenvalue weighted by molar-refractivity contribution is 0.816. The van der Waals surface area contributed by atoms with Crippen LogP contribution in [0.4, 0.5) is 0 Å². The van der Waals surface area contributed by atoms with Gasteiger partial charge in [0, 0.05) is 11.9 Å². The maximum Gasteiger partial charge on any atom is 0.0474 e. The Kier molecular flexibility index (Phi) is 2.92. The molecule has 1 aromatic carbocycles. The zero-order chi connectivity index (χ0) is 8.27. The fourth-order valence-electron chi connectivity index (χ4n) is 0.959. The van der Waals surface area contributed by atoms with E-state index in [1.807, 2.05) is 31.2 Å². The zero-order valence-corrected chi connectivity index (χ0v) is 7.31. The largest absolute Gasteiger partial charge is 0.324 e. The van der Waals surface area contributed by atoms with Crippen molar-refractivity contribution in [1.82, 2.24) is 0 Å². The van der Waals surface area contributed by atoms with Crippen LogP contribution < -0.4 is 5.73 Å². The predicted molar refractivity (Wildman–Crippen MR) is 48.6 cm³/mol. The van der Waals surface area contributed by atoms with Gasteiger partial charge in [0.15, 0.2) is 0 Å². The monoisotopic (exact) mass is 169 g/mol. The van der Waals surface area contributed by atoms with Crippen LogP contribution in [0, 0.1) is 0 Å². The minimum absolute atomic E-state index is 0.0955. The molecule has 60 valence electrons. The molecule has 2 N–H and O–H groups in total. The fourth-order valence-corrected chi connectivity index (χ4v) is 1.13. The first kappa shape index (κ1) is 8.57. The summed E-state index contributed by atoms with van der Waals surface area (Å²) >= 11 is 5.66. The van der Waals surface area contributed by atoms with E-state index < -0.39 is 0 Å². The van der Waals surface area contributed by atoms with Crippen molar-refractivity contribution in [2.75, 3.05) is 0 Å². The highest BCUT2D eigenvalue weighted by Crippen LogP contribution is 2.12. The Bertz CT molecular complexity index is 233. The Hall–Kier alpha value is -0.530. The van der Waals surface area contributed by atoms with Gasteiger partial charge in [-0.15, -0.1) is 11.6 Å². The van der Waals surface area contributed by atoms with Gasteiger partial charge in [0.2, 0.25) is 0 Å². The van der Waals surface area contributed by atoms with Gasteiger partial charge < -0.3 is 5.73 Å². The lowest BCUT2D eigenvalue weighted by atomic mass is 10.1. The van der Waals surface area contributed by atoms with Gasteiger partial charge in [-0.1, -0.05) is 24.3 Å². The Balaban J connectivity index is 2.91. The summed E-state index contributed by atoms with van der Waals surface area (Å²) < 4.78 is 0. The van der Waals surface area contributed by atoms with E-state index in [1.165, 1.54) is 0 Å². The number of hydrogen-bond acceptors (Lipinski definition) is 1. The molecular weight excluding hydrogens is 158 g/mol. The van der Waals surface area contributed by atoms with Crippen LogP contribution in [0.2, 0.25) is 0 Å². The van der Waals surface area contributed by atoms with Crippen LogP contribution in [0.1, 0.15) is 24.1 Å². The van der Waals surface area contributed by atoms with Crippen LogP contribution in [0.15, 0.2) is 24.3 Å². The van der Waals surface area contributed by atoms with Crippen LogP contribution in [0.25, 0.3) is 0 Å². The summed E-state index contributed by atoms with van der Waals surface area (Å²) in [5.41, 5.74) is 7.96. The summed E-state index contributed by atoms with van der Waals surface area (Å²) in [5, 5.41) is 0. The molecule has 11 heavy (non-hydrogen) atoms. The maximum absolute atomic E-state index is 5.69. The first-order chi connectivity index (χ1) is 5.24. The van der Waals surface area contributed by atoms with Crippen LogP contribution in [0.3, 0.4) is 0 Å². The molecule has 1 rings (SSSR count). The summed E-state index contributed by atoms with van der Waals surface area (Å²) in [7, 11) is 0. The third-order valence-electron chi connectivity index (χ3n) is 1.63. The van der Waals surface area contributed by atoms with Crippen LogP contribution in [-0.2, 0) is 5.88 Å². The van der Waals surface area contributed by atoms with E-state index in [2.05, 4.69) is 0 Å². The van der Waals surface area contributed by atoms with E-state index >= 15 is 0 Å². The molecule has 0 heterocycles. The number of halogens is 1. The summed E-state index contributed by atoms with van der Waals surface area (Å²) in [4.78, 5) is 0. The third-order valence-corrected chi connectivity index (χ3v) is 1.94. The van der Waals surface area contributed by atoms with Crippen molar-refractivity contribution in [2.45, 2.75) is 18.8 Å². The molecule has 0 unspecified atom stereocenters. The topological polar surface area (TPSA) is 26.0 Å². The maximum atomic E-state index is 5.69. The number of hydrogen-bond donors (Lipinski definition) is 1. The molecule has 1 nitrogen and oxygen atoms in total. The molecule has 0 bridgehead atoms. The Morgan fingerprint density at radius 2 is 2.27 bits per heavy atom. The lowest BCUT2D eigenvalue weighted by Crippen LogP contribution is -2.04. The normalized spacial score (nSPS) is 13.0. The zero-order valence-electron chi connectivity index (χ0n) is 6.55. The van der Waals surface area contributed by atoms with Gasteiger partial charge in [-0.2, -0.15) is 0 Å². The average Bonchev–Trinajstić information content (AvgIpc) is 2.05. The summed E-state index contributed by atoms with van der Waals surface area (Å²) in [6, 6.07) is 8.13. The molecule has 1 aromatic rings. The van der Waals surface area contributed by atoms with Crippen molar-refractivity contribution in [2.24, 2.45) is 5.73 Å².